The Kier molecular flexibility index (Phi) is 4.32. The fraction of sp³-hybridized carbons (Fsp3) is 0.0714. The first-order valence-electron chi connectivity index (χ1n) is 5.74. The first-order chi connectivity index (χ1) is 9.58. The Hall–Kier alpha value is -2.40. The molecule has 0 spiro atoms. The molecule has 2 N–H and O–H groups in total. The minimum absolute atomic E-state index is 0.0308. The number of carbonyl (C=O) groups excluding carboxylic acids is 2. The Morgan fingerprint density at radius 1 is 1.15 bits per heavy atom. The van der Waals surface area contributed by atoms with Crippen molar-refractivity contribution in [1.82, 2.24) is 4.98 Å². The number of halogens is 1. The Labute approximate surface area is 120 Å². The van der Waals surface area contributed by atoms with Gasteiger partial charge < -0.3 is 10.5 Å². The summed E-state index contributed by atoms with van der Waals surface area (Å²) >= 11 is 5.86. The van der Waals surface area contributed by atoms with Crippen LogP contribution in [0.1, 0.15) is 26.3 Å². The summed E-state index contributed by atoms with van der Waals surface area (Å²) < 4.78 is 5.12. The van der Waals surface area contributed by atoms with Crippen molar-refractivity contribution in [3.63, 3.8) is 0 Å². The summed E-state index contributed by atoms with van der Waals surface area (Å²) in [4.78, 5) is 26.6. The molecule has 102 valence electrons. The second kappa shape index (κ2) is 6.16. The molecule has 0 fully saturated rings. The van der Waals surface area contributed by atoms with E-state index < -0.39 is 11.9 Å². The standard InChI is InChI=1S/C14H11ClN2O3/c15-12-11(2-1-7-17-12)8-20-14(19)10-5-3-9(4-6-10)13(16)18/h1-7H,8H2,(H2,16,18). The van der Waals surface area contributed by atoms with Crippen LogP contribution in [0, 0.1) is 0 Å². The summed E-state index contributed by atoms with van der Waals surface area (Å²) in [6, 6.07) is 9.32. The molecule has 0 aliphatic carbocycles. The van der Waals surface area contributed by atoms with Gasteiger partial charge >= 0.3 is 5.97 Å². The molecular weight excluding hydrogens is 280 g/mol. The Bertz CT molecular complexity index is 641. The van der Waals surface area contributed by atoms with E-state index >= 15 is 0 Å². The molecule has 2 aromatic rings. The number of nitrogens with two attached hydrogens (primary N) is 1. The molecule has 0 unspecified atom stereocenters. The van der Waals surface area contributed by atoms with Gasteiger partial charge in [0.25, 0.3) is 0 Å². The summed E-state index contributed by atoms with van der Waals surface area (Å²) in [5.41, 5.74) is 6.40. The van der Waals surface area contributed by atoms with Crippen molar-refractivity contribution in [2.75, 3.05) is 0 Å². The third-order valence-corrected chi connectivity index (χ3v) is 2.94. The molecule has 1 aromatic heterocycles. The van der Waals surface area contributed by atoms with Gasteiger partial charge in [-0.25, -0.2) is 9.78 Å². The monoisotopic (exact) mass is 290 g/mol. The number of nitrogens with zero attached hydrogens (tertiary/aromatic N) is 1. The van der Waals surface area contributed by atoms with E-state index in [-0.39, 0.29) is 6.61 Å². The summed E-state index contributed by atoms with van der Waals surface area (Å²) in [6.07, 6.45) is 1.55. The zero-order chi connectivity index (χ0) is 14.5. The minimum Gasteiger partial charge on any atom is -0.457 e. The van der Waals surface area contributed by atoms with Crippen molar-refractivity contribution < 1.29 is 14.3 Å². The molecule has 6 heteroatoms. The summed E-state index contributed by atoms with van der Waals surface area (Å²) in [5, 5.41) is 0.296. The van der Waals surface area contributed by atoms with Gasteiger partial charge in [0.1, 0.15) is 11.8 Å². The number of benzene rings is 1. The molecule has 1 heterocycles. The van der Waals surface area contributed by atoms with Crippen LogP contribution in [0.15, 0.2) is 42.6 Å². The normalized spacial score (nSPS) is 10.1. The largest absolute Gasteiger partial charge is 0.457 e. The molecule has 1 amide bonds. The van der Waals surface area contributed by atoms with E-state index in [0.29, 0.717) is 21.8 Å². The molecule has 1 aromatic carbocycles. The Morgan fingerprint density at radius 2 is 1.80 bits per heavy atom. The number of hydrogen-bond acceptors (Lipinski definition) is 4. The van der Waals surface area contributed by atoms with E-state index in [4.69, 9.17) is 22.1 Å². The van der Waals surface area contributed by atoms with Gasteiger partial charge in [0.05, 0.1) is 5.56 Å². The number of hydrogen-bond donors (Lipinski definition) is 1. The van der Waals surface area contributed by atoms with E-state index in [0.717, 1.165) is 0 Å². The zero-order valence-electron chi connectivity index (χ0n) is 10.4. The average Bonchev–Trinajstić information content (AvgIpc) is 2.46. The molecule has 2 rings (SSSR count). The molecule has 0 saturated heterocycles. The highest BCUT2D eigenvalue weighted by molar-refractivity contribution is 6.30. The average molecular weight is 291 g/mol. The maximum absolute atomic E-state index is 11.8. The third kappa shape index (κ3) is 3.33. The highest BCUT2D eigenvalue weighted by Crippen LogP contribution is 2.14. The Balaban J connectivity index is 2.02. The van der Waals surface area contributed by atoms with Crippen LogP contribution in [-0.4, -0.2) is 16.9 Å². The van der Waals surface area contributed by atoms with Crippen molar-refractivity contribution in [3.05, 3.63) is 64.4 Å². The molecule has 0 aliphatic rings. The lowest BCUT2D eigenvalue weighted by Crippen LogP contribution is -2.11. The second-order valence-electron chi connectivity index (χ2n) is 3.97. The number of aromatic nitrogens is 1. The van der Waals surface area contributed by atoms with Gasteiger partial charge in [-0.1, -0.05) is 17.7 Å². The molecule has 0 saturated carbocycles. The van der Waals surface area contributed by atoms with E-state index in [9.17, 15) is 9.59 Å². The van der Waals surface area contributed by atoms with Crippen molar-refractivity contribution in [2.45, 2.75) is 6.61 Å². The highest BCUT2D eigenvalue weighted by Gasteiger charge is 2.10. The first kappa shape index (κ1) is 14.0. The van der Waals surface area contributed by atoms with E-state index in [1.165, 1.54) is 24.3 Å². The maximum Gasteiger partial charge on any atom is 0.338 e. The number of amides is 1. The minimum atomic E-state index is -0.549. The van der Waals surface area contributed by atoms with Crippen molar-refractivity contribution in [1.29, 1.82) is 0 Å². The molecule has 0 atom stereocenters. The topological polar surface area (TPSA) is 82.3 Å². The second-order valence-corrected chi connectivity index (χ2v) is 4.33. The lowest BCUT2D eigenvalue weighted by Gasteiger charge is -2.06. The van der Waals surface area contributed by atoms with Crippen LogP contribution in [0.3, 0.4) is 0 Å². The first-order valence-corrected chi connectivity index (χ1v) is 6.12. The predicted molar refractivity (Wildman–Crippen MR) is 73.3 cm³/mol. The Morgan fingerprint density at radius 3 is 2.40 bits per heavy atom. The number of ether oxygens (including phenoxy) is 1. The van der Waals surface area contributed by atoms with Gasteiger partial charge in [-0.15, -0.1) is 0 Å². The van der Waals surface area contributed by atoms with Gasteiger partial charge in [0, 0.05) is 17.3 Å². The smallest absolute Gasteiger partial charge is 0.338 e. The van der Waals surface area contributed by atoms with Crippen LogP contribution >= 0.6 is 11.6 Å². The molecule has 5 nitrogen and oxygen atoms in total. The van der Waals surface area contributed by atoms with Crippen molar-refractivity contribution >= 4 is 23.5 Å². The van der Waals surface area contributed by atoms with Gasteiger partial charge in [-0.3, -0.25) is 4.79 Å². The maximum atomic E-state index is 11.8. The summed E-state index contributed by atoms with van der Waals surface area (Å²) in [6.45, 7) is 0.0308. The van der Waals surface area contributed by atoms with Crippen LogP contribution in [0.25, 0.3) is 0 Å². The fourth-order valence-electron chi connectivity index (χ4n) is 1.52. The summed E-state index contributed by atoms with van der Waals surface area (Å²) in [7, 11) is 0. The van der Waals surface area contributed by atoms with Gasteiger partial charge in [0.2, 0.25) is 5.91 Å². The van der Waals surface area contributed by atoms with Crippen LogP contribution < -0.4 is 5.73 Å². The summed E-state index contributed by atoms with van der Waals surface area (Å²) in [5.74, 6) is -1.06. The van der Waals surface area contributed by atoms with Gasteiger partial charge in [-0.05, 0) is 30.3 Å². The highest BCUT2D eigenvalue weighted by atomic mass is 35.5. The number of rotatable bonds is 4. The quantitative estimate of drug-likeness (QED) is 0.691. The van der Waals surface area contributed by atoms with Crippen LogP contribution in [0.2, 0.25) is 5.15 Å². The number of esters is 1. The number of primary amides is 1. The number of carbonyl (C=O) groups is 2. The zero-order valence-corrected chi connectivity index (χ0v) is 11.1. The van der Waals surface area contributed by atoms with E-state index in [1.807, 2.05) is 0 Å². The van der Waals surface area contributed by atoms with Gasteiger partial charge in [-0.2, -0.15) is 0 Å². The van der Waals surface area contributed by atoms with Crippen LogP contribution in [0.4, 0.5) is 0 Å². The van der Waals surface area contributed by atoms with Crippen molar-refractivity contribution in [3.8, 4) is 0 Å². The molecule has 0 bridgehead atoms. The van der Waals surface area contributed by atoms with Crippen molar-refractivity contribution in [2.24, 2.45) is 5.73 Å². The predicted octanol–water partition coefficient (Wildman–Crippen LogP) is 2.19. The molecular formula is C14H11ClN2O3. The van der Waals surface area contributed by atoms with E-state index in [1.54, 1.807) is 18.3 Å². The van der Waals surface area contributed by atoms with Crippen LogP contribution in [-0.2, 0) is 11.3 Å². The lowest BCUT2D eigenvalue weighted by atomic mass is 10.1. The molecule has 0 radical (unpaired) electrons. The van der Waals surface area contributed by atoms with Gasteiger partial charge in [0.15, 0.2) is 0 Å². The van der Waals surface area contributed by atoms with Crippen LogP contribution in [0.5, 0.6) is 0 Å². The lowest BCUT2D eigenvalue weighted by molar-refractivity contribution is 0.0472. The SMILES string of the molecule is NC(=O)c1ccc(C(=O)OCc2cccnc2Cl)cc1. The fourth-order valence-corrected chi connectivity index (χ4v) is 1.70. The van der Waals surface area contributed by atoms with E-state index in [2.05, 4.69) is 4.98 Å². The number of pyridine rings is 1. The third-order valence-electron chi connectivity index (χ3n) is 2.60. The molecule has 0 aliphatic heterocycles. The molecule has 20 heavy (non-hydrogen) atoms.